The minimum absolute atomic E-state index is 0.200. The van der Waals surface area contributed by atoms with Crippen LogP contribution in [0.15, 0.2) is 18.2 Å². The minimum Gasteiger partial charge on any atom is -0.396 e. The summed E-state index contributed by atoms with van der Waals surface area (Å²) < 4.78 is 0. The Hall–Kier alpha value is -1.02. The fourth-order valence-electron chi connectivity index (χ4n) is 1.82. The largest absolute Gasteiger partial charge is 0.396 e. The molecule has 0 atom stereocenters. The van der Waals surface area contributed by atoms with Crippen molar-refractivity contribution in [3.05, 3.63) is 29.3 Å². The summed E-state index contributed by atoms with van der Waals surface area (Å²) in [6.07, 6.45) is 0.713. The van der Waals surface area contributed by atoms with Crippen molar-refractivity contribution in [2.75, 3.05) is 18.5 Å². The standard InChI is InChI=1S/C16H27NO/c1-12(2)14-7-6-13(8-9-18)15(10-14)17-11-16(3,4)5/h6-7,10,12,17-18H,8-9,11H2,1-5H3. The van der Waals surface area contributed by atoms with E-state index in [1.165, 1.54) is 16.8 Å². The highest BCUT2D eigenvalue weighted by molar-refractivity contribution is 5.54. The van der Waals surface area contributed by atoms with Crippen molar-refractivity contribution in [1.29, 1.82) is 0 Å². The van der Waals surface area contributed by atoms with Crippen molar-refractivity contribution in [1.82, 2.24) is 0 Å². The first kappa shape index (κ1) is 15.0. The molecule has 0 radical (unpaired) electrons. The van der Waals surface area contributed by atoms with Gasteiger partial charge in [0.2, 0.25) is 0 Å². The highest BCUT2D eigenvalue weighted by Crippen LogP contribution is 2.25. The Kier molecular flexibility index (Phi) is 5.21. The molecule has 0 aromatic heterocycles. The molecule has 0 fully saturated rings. The maximum absolute atomic E-state index is 9.12. The summed E-state index contributed by atoms with van der Waals surface area (Å²) in [7, 11) is 0. The molecule has 1 aromatic rings. The second-order valence-corrected chi connectivity index (χ2v) is 6.46. The summed E-state index contributed by atoms with van der Waals surface area (Å²) in [5, 5.41) is 12.6. The van der Waals surface area contributed by atoms with Crippen LogP contribution < -0.4 is 5.32 Å². The Morgan fingerprint density at radius 1 is 1.22 bits per heavy atom. The summed E-state index contributed by atoms with van der Waals surface area (Å²) in [4.78, 5) is 0. The maximum atomic E-state index is 9.12. The molecule has 102 valence electrons. The maximum Gasteiger partial charge on any atom is 0.0472 e. The molecule has 0 unspecified atom stereocenters. The molecular weight excluding hydrogens is 222 g/mol. The minimum atomic E-state index is 0.200. The van der Waals surface area contributed by atoms with Gasteiger partial charge >= 0.3 is 0 Å². The number of anilines is 1. The van der Waals surface area contributed by atoms with Crippen LogP contribution in [-0.2, 0) is 6.42 Å². The molecule has 0 saturated heterocycles. The van der Waals surface area contributed by atoms with Crippen LogP contribution >= 0.6 is 0 Å². The van der Waals surface area contributed by atoms with Crippen LogP contribution in [0.2, 0.25) is 0 Å². The predicted octanol–water partition coefficient (Wildman–Crippen LogP) is 3.80. The van der Waals surface area contributed by atoms with Crippen LogP contribution in [0.1, 0.15) is 51.7 Å². The van der Waals surface area contributed by atoms with Crippen molar-refractivity contribution in [2.45, 2.75) is 47.0 Å². The van der Waals surface area contributed by atoms with Gasteiger partial charge < -0.3 is 10.4 Å². The monoisotopic (exact) mass is 249 g/mol. The Labute approximate surface area is 111 Å². The first-order valence-corrected chi connectivity index (χ1v) is 6.81. The van der Waals surface area contributed by atoms with Gasteiger partial charge in [-0.05, 0) is 34.9 Å². The van der Waals surface area contributed by atoms with Gasteiger partial charge in [-0.3, -0.25) is 0 Å². The smallest absolute Gasteiger partial charge is 0.0472 e. The van der Waals surface area contributed by atoms with Gasteiger partial charge in [-0.1, -0.05) is 46.8 Å². The third-order valence-electron chi connectivity index (χ3n) is 2.99. The average molecular weight is 249 g/mol. The fourth-order valence-corrected chi connectivity index (χ4v) is 1.82. The number of aliphatic hydroxyl groups excluding tert-OH is 1. The molecule has 1 aromatic carbocycles. The highest BCUT2D eigenvalue weighted by atomic mass is 16.2. The van der Waals surface area contributed by atoms with E-state index in [-0.39, 0.29) is 12.0 Å². The lowest BCUT2D eigenvalue weighted by molar-refractivity contribution is 0.300. The van der Waals surface area contributed by atoms with E-state index >= 15 is 0 Å². The second kappa shape index (κ2) is 6.24. The normalized spacial score (nSPS) is 11.9. The van der Waals surface area contributed by atoms with Gasteiger partial charge in [0.15, 0.2) is 0 Å². The van der Waals surface area contributed by atoms with Crippen molar-refractivity contribution in [3.8, 4) is 0 Å². The zero-order valence-corrected chi connectivity index (χ0v) is 12.4. The van der Waals surface area contributed by atoms with Crippen LogP contribution in [-0.4, -0.2) is 18.3 Å². The number of hydrogen-bond acceptors (Lipinski definition) is 2. The summed E-state index contributed by atoms with van der Waals surface area (Å²) in [5.74, 6) is 0.531. The Morgan fingerprint density at radius 2 is 1.89 bits per heavy atom. The Bertz CT molecular complexity index is 377. The Morgan fingerprint density at radius 3 is 2.39 bits per heavy atom. The molecule has 0 saturated carbocycles. The molecule has 0 amide bonds. The molecule has 18 heavy (non-hydrogen) atoms. The quantitative estimate of drug-likeness (QED) is 0.832. The molecular formula is C16H27NO. The molecule has 0 aliphatic rings. The van der Waals surface area contributed by atoms with Gasteiger partial charge in [-0.15, -0.1) is 0 Å². The van der Waals surface area contributed by atoms with Gasteiger partial charge in [-0.25, -0.2) is 0 Å². The summed E-state index contributed by atoms with van der Waals surface area (Å²) in [5.41, 5.74) is 3.97. The summed E-state index contributed by atoms with van der Waals surface area (Å²) in [6, 6.07) is 6.52. The molecule has 0 heterocycles. The predicted molar refractivity (Wildman–Crippen MR) is 79.3 cm³/mol. The van der Waals surface area contributed by atoms with Crippen molar-refractivity contribution < 1.29 is 5.11 Å². The van der Waals surface area contributed by atoms with E-state index in [9.17, 15) is 0 Å². The van der Waals surface area contributed by atoms with Crippen LogP contribution in [0.25, 0.3) is 0 Å². The van der Waals surface area contributed by atoms with E-state index in [0.717, 1.165) is 6.54 Å². The van der Waals surface area contributed by atoms with E-state index < -0.39 is 0 Å². The topological polar surface area (TPSA) is 32.3 Å². The lowest BCUT2D eigenvalue weighted by atomic mass is 9.95. The lowest BCUT2D eigenvalue weighted by Crippen LogP contribution is -2.20. The fraction of sp³-hybridized carbons (Fsp3) is 0.625. The van der Waals surface area contributed by atoms with Gasteiger partial charge in [0.05, 0.1) is 0 Å². The van der Waals surface area contributed by atoms with Gasteiger partial charge in [0.25, 0.3) is 0 Å². The van der Waals surface area contributed by atoms with Crippen LogP contribution in [0, 0.1) is 5.41 Å². The van der Waals surface area contributed by atoms with Crippen molar-refractivity contribution in [2.24, 2.45) is 5.41 Å². The van der Waals surface area contributed by atoms with Gasteiger partial charge in [-0.2, -0.15) is 0 Å². The molecule has 1 rings (SSSR count). The van der Waals surface area contributed by atoms with E-state index in [0.29, 0.717) is 12.3 Å². The van der Waals surface area contributed by atoms with Gasteiger partial charge in [0.1, 0.15) is 0 Å². The molecule has 2 nitrogen and oxygen atoms in total. The average Bonchev–Trinajstić information content (AvgIpc) is 2.26. The third kappa shape index (κ3) is 4.69. The van der Waals surface area contributed by atoms with Crippen LogP contribution in [0.5, 0.6) is 0 Å². The number of rotatable bonds is 5. The van der Waals surface area contributed by atoms with Gasteiger partial charge in [0, 0.05) is 18.8 Å². The number of aliphatic hydroxyl groups is 1. The SMILES string of the molecule is CC(C)c1ccc(CCO)c(NCC(C)(C)C)c1. The molecule has 0 aliphatic carbocycles. The van der Waals surface area contributed by atoms with Crippen LogP contribution in [0.3, 0.4) is 0 Å². The number of benzene rings is 1. The van der Waals surface area contributed by atoms with Crippen molar-refractivity contribution >= 4 is 5.69 Å². The molecule has 2 heteroatoms. The number of nitrogens with one attached hydrogen (secondary N) is 1. The second-order valence-electron chi connectivity index (χ2n) is 6.46. The van der Waals surface area contributed by atoms with Crippen molar-refractivity contribution in [3.63, 3.8) is 0 Å². The van der Waals surface area contributed by atoms with E-state index in [1.54, 1.807) is 0 Å². The first-order valence-electron chi connectivity index (χ1n) is 6.81. The third-order valence-corrected chi connectivity index (χ3v) is 2.99. The number of hydrogen-bond donors (Lipinski definition) is 2. The molecule has 0 bridgehead atoms. The van der Waals surface area contributed by atoms with E-state index in [1.807, 2.05) is 0 Å². The molecule has 2 N–H and O–H groups in total. The first-order chi connectivity index (χ1) is 8.33. The van der Waals surface area contributed by atoms with E-state index in [4.69, 9.17) is 5.11 Å². The zero-order valence-electron chi connectivity index (χ0n) is 12.4. The zero-order chi connectivity index (χ0) is 13.8. The molecule has 0 spiro atoms. The summed E-state index contributed by atoms with van der Waals surface area (Å²) in [6.45, 7) is 12.2. The van der Waals surface area contributed by atoms with Crippen LogP contribution in [0.4, 0.5) is 5.69 Å². The summed E-state index contributed by atoms with van der Waals surface area (Å²) >= 11 is 0. The lowest BCUT2D eigenvalue weighted by Gasteiger charge is -2.22. The van der Waals surface area contributed by atoms with E-state index in [2.05, 4.69) is 58.1 Å². The Balaban J connectivity index is 2.92. The molecule has 0 aliphatic heterocycles. The highest BCUT2D eigenvalue weighted by Gasteiger charge is 2.12.